The van der Waals surface area contributed by atoms with E-state index in [0.29, 0.717) is 12.3 Å². The Kier molecular flexibility index (Phi) is 6.00. The standard InChI is InChI=1S/C12H17BrN2O2/c1-9(14)6-7-15-12(16)8-17-11-4-2-10(13)3-5-11/h2-5,9H,6-8,14H2,1H3,(H,15,16). The van der Waals surface area contributed by atoms with Crippen LogP contribution in [0, 0.1) is 0 Å². The van der Waals surface area contributed by atoms with Crippen molar-refractivity contribution in [3.8, 4) is 5.75 Å². The lowest BCUT2D eigenvalue weighted by atomic mass is 10.2. The van der Waals surface area contributed by atoms with E-state index in [2.05, 4.69) is 21.2 Å². The van der Waals surface area contributed by atoms with Crippen LogP contribution in [0.4, 0.5) is 0 Å². The van der Waals surface area contributed by atoms with E-state index in [1.54, 1.807) is 12.1 Å². The summed E-state index contributed by atoms with van der Waals surface area (Å²) in [5.41, 5.74) is 5.57. The van der Waals surface area contributed by atoms with Crippen molar-refractivity contribution >= 4 is 21.8 Å². The van der Waals surface area contributed by atoms with Crippen LogP contribution < -0.4 is 15.8 Å². The minimum atomic E-state index is -0.131. The van der Waals surface area contributed by atoms with Crippen LogP contribution >= 0.6 is 15.9 Å². The Balaban J connectivity index is 2.21. The fourth-order valence-corrected chi connectivity index (χ4v) is 1.43. The molecule has 0 aliphatic carbocycles. The molecule has 17 heavy (non-hydrogen) atoms. The van der Waals surface area contributed by atoms with Gasteiger partial charge in [-0.2, -0.15) is 0 Å². The van der Waals surface area contributed by atoms with Crippen LogP contribution in [0.15, 0.2) is 28.7 Å². The number of carbonyl (C=O) groups is 1. The van der Waals surface area contributed by atoms with Gasteiger partial charge in [0.15, 0.2) is 6.61 Å². The average molecular weight is 301 g/mol. The van der Waals surface area contributed by atoms with Crippen molar-refractivity contribution in [3.05, 3.63) is 28.7 Å². The lowest BCUT2D eigenvalue weighted by Gasteiger charge is -2.08. The van der Waals surface area contributed by atoms with Crippen molar-refractivity contribution in [2.45, 2.75) is 19.4 Å². The van der Waals surface area contributed by atoms with Crippen LogP contribution in [0.25, 0.3) is 0 Å². The lowest BCUT2D eigenvalue weighted by Crippen LogP contribution is -2.32. The van der Waals surface area contributed by atoms with Crippen molar-refractivity contribution < 1.29 is 9.53 Å². The second-order valence-electron chi connectivity index (χ2n) is 3.86. The van der Waals surface area contributed by atoms with Gasteiger partial charge in [-0.1, -0.05) is 15.9 Å². The molecule has 1 aromatic rings. The van der Waals surface area contributed by atoms with Gasteiger partial charge in [-0.05, 0) is 37.6 Å². The maximum Gasteiger partial charge on any atom is 0.257 e. The van der Waals surface area contributed by atoms with E-state index in [1.165, 1.54) is 0 Å². The zero-order valence-electron chi connectivity index (χ0n) is 9.78. The number of hydrogen-bond acceptors (Lipinski definition) is 3. The number of amides is 1. The molecule has 1 amide bonds. The van der Waals surface area contributed by atoms with Crippen molar-refractivity contribution in [2.24, 2.45) is 5.73 Å². The molecule has 0 spiro atoms. The molecule has 4 nitrogen and oxygen atoms in total. The monoisotopic (exact) mass is 300 g/mol. The van der Waals surface area contributed by atoms with Gasteiger partial charge in [0.1, 0.15) is 5.75 Å². The summed E-state index contributed by atoms with van der Waals surface area (Å²) in [6.45, 7) is 2.52. The van der Waals surface area contributed by atoms with E-state index in [9.17, 15) is 4.79 Å². The Morgan fingerprint density at radius 1 is 1.47 bits per heavy atom. The molecule has 1 rings (SSSR count). The minimum absolute atomic E-state index is 0.0284. The van der Waals surface area contributed by atoms with Crippen molar-refractivity contribution in [1.29, 1.82) is 0 Å². The number of nitrogens with two attached hydrogens (primary N) is 1. The van der Waals surface area contributed by atoms with Crippen molar-refractivity contribution in [3.63, 3.8) is 0 Å². The summed E-state index contributed by atoms with van der Waals surface area (Å²) in [4.78, 5) is 11.4. The van der Waals surface area contributed by atoms with E-state index in [1.807, 2.05) is 19.1 Å². The Hall–Kier alpha value is -1.07. The number of hydrogen-bond donors (Lipinski definition) is 2. The van der Waals surface area contributed by atoms with E-state index in [0.717, 1.165) is 10.9 Å². The third-order valence-corrected chi connectivity index (χ3v) is 2.63. The Morgan fingerprint density at radius 3 is 2.71 bits per heavy atom. The normalized spacial score (nSPS) is 11.9. The molecule has 1 aromatic carbocycles. The molecule has 0 aliphatic heterocycles. The topological polar surface area (TPSA) is 64.3 Å². The first kappa shape index (κ1) is 14.0. The molecule has 0 saturated carbocycles. The summed E-state index contributed by atoms with van der Waals surface area (Å²) in [5.74, 6) is 0.545. The molecule has 0 fully saturated rings. The summed E-state index contributed by atoms with van der Waals surface area (Å²) >= 11 is 3.33. The highest BCUT2D eigenvalue weighted by Gasteiger charge is 2.02. The number of rotatable bonds is 6. The first-order chi connectivity index (χ1) is 8.08. The highest BCUT2D eigenvalue weighted by Crippen LogP contribution is 2.15. The summed E-state index contributed by atoms with van der Waals surface area (Å²) < 4.78 is 6.29. The van der Waals surface area contributed by atoms with Crippen LogP contribution in [0.5, 0.6) is 5.75 Å². The zero-order chi connectivity index (χ0) is 12.7. The number of nitrogens with one attached hydrogen (secondary N) is 1. The molecule has 0 bridgehead atoms. The average Bonchev–Trinajstić information content (AvgIpc) is 2.28. The molecule has 0 radical (unpaired) electrons. The SMILES string of the molecule is CC(N)CCNC(=O)COc1ccc(Br)cc1. The minimum Gasteiger partial charge on any atom is -0.484 e. The Morgan fingerprint density at radius 2 is 2.12 bits per heavy atom. The second kappa shape index (κ2) is 7.29. The van der Waals surface area contributed by atoms with Gasteiger partial charge in [0.2, 0.25) is 0 Å². The van der Waals surface area contributed by atoms with E-state index in [4.69, 9.17) is 10.5 Å². The first-order valence-corrected chi connectivity index (χ1v) is 6.28. The van der Waals surface area contributed by atoms with Gasteiger partial charge >= 0.3 is 0 Å². The van der Waals surface area contributed by atoms with E-state index < -0.39 is 0 Å². The fourth-order valence-electron chi connectivity index (χ4n) is 1.17. The highest BCUT2D eigenvalue weighted by atomic mass is 79.9. The molecule has 1 atom stereocenters. The summed E-state index contributed by atoms with van der Waals surface area (Å²) in [7, 11) is 0. The van der Waals surface area contributed by atoms with Gasteiger partial charge in [-0.15, -0.1) is 0 Å². The van der Waals surface area contributed by atoms with Crippen molar-refractivity contribution in [1.82, 2.24) is 5.32 Å². The van der Waals surface area contributed by atoms with E-state index in [-0.39, 0.29) is 18.6 Å². The fraction of sp³-hybridized carbons (Fsp3) is 0.417. The van der Waals surface area contributed by atoms with Gasteiger partial charge in [-0.25, -0.2) is 0 Å². The van der Waals surface area contributed by atoms with E-state index >= 15 is 0 Å². The van der Waals surface area contributed by atoms with Gasteiger partial charge in [0.05, 0.1) is 0 Å². The summed E-state index contributed by atoms with van der Waals surface area (Å²) in [6.07, 6.45) is 0.768. The van der Waals surface area contributed by atoms with Crippen LogP contribution in [0.3, 0.4) is 0 Å². The molecule has 0 aliphatic rings. The van der Waals surface area contributed by atoms with Gasteiger partial charge in [0, 0.05) is 17.1 Å². The second-order valence-corrected chi connectivity index (χ2v) is 4.77. The van der Waals surface area contributed by atoms with Crippen LogP contribution in [0.1, 0.15) is 13.3 Å². The molecule has 0 aromatic heterocycles. The lowest BCUT2D eigenvalue weighted by molar-refractivity contribution is -0.123. The maximum absolute atomic E-state index is 11.4. The Bertz CT molecular complexity index is 352. The van der Waals surface area contributed by atoms with Gasteiger partial charge in [0.25, 0.3) is 5.91 Å². The molecular weight excluding hydrogens is 284 g/mol. The quantitative estimate of drug-likeness (QED) is 0.840. The predicted molar refractivity (Wildman–Crippen MR) is 70.9 cm³/mol. The summed E-state index contributed by atoms with van der Waals surface area (Å²) in [5, 5.41) is 2.74. The third kappa shape index (κ3) is 6.28. The first-order valence-electron chi connectivity index (χ1n) is 5.48. The summed E-state index contributed by atoms with van der Waals surface area (Å²) in [6, 6.07) is 7.44. The third-order valence-electron chi connectivity index (χ3n) is 2.11. The number of benzene rings is 1. The molecule has 0 saturated heterocycles. The molecule has 1 unspecified atom stereocenters. The van der Waals surface area contributed by atoms with Gasteiger partial charge < -0.3 is 15.8 Å². The number of carbonyl (C=O) groups excluding carboxylic acids is 1. The Labute approximate surface area is 110 Å². The number of ether oxygens (including phenoxy) is 1. The molecule has 3 N–H and O–H groups in total. The molecule has 94 valence electrons. The number of halogens is 1. The zero-order valence-corrected chi connectivity index (χ0v) is 11.4. The smallest absolute Gasteiger partial charge is 0.257 e. The van der Waals surface area contributed by atoms with Crippen LogP contribution in [-0.2, 0) is 4.79 Å². The molecule has 5 heteroatoms. The highest BCUT2D eigenvalue weighted by molar-refractivity contribution is 9.10. The molecular formula is C12H17BrN2O2. The maximum atomic E-state index is 11.4. The van der Waals surface area contributed by atoms with Gasteiger partial charge in [-0.3, -0.25) is 4.79 Å². The van der Waals surface area contributed by atoms with Crippen LogP contribution in [0.2, 0.25) is 0 Å². The molecule has 0 heterocycles. The van der Waals surface area contributed by atoms with Crippen molar-refractivity contribution in [2.75, 3.05) is 13.2 Å². The largest absolute Gasteiger partial charge is 0.484 e. The predicted octanol–water partition coefficient (Wildman–Crippen LogP) is 1.68. The van der Waals surface area contributed by atoms with Crippen LogP contribution in [-0.4, -0.2) is 25.1 Å².